The maximum atomic E-state index is 12.2. The van der Waals surface area contributed by atoms with Gasteiger partial charge in [0, 0.05) is 18.7 Å². The topological polar surface area (TPSA) is 55.8 Å². The molecule has 0 saturated carbocycles. The molecule has 0 heterocycles. The molecule has 1 N–H and O–H groups in total. The van der Waals surface area contributed by atoms with Gasteiger partial charge in [0.1, 0.15) is 0 Å². The van der Waals surface area contributed by atoms with Crippen molar-refractivity contribution >= 4 is 23.5 Å². The Morgan fingerprint density at radius 1 is 1.38 bits per heavy atom. The third-order valence-electron chi connectivity index (χ3n) is 2.39. The molecule has 0 amide bonds. The van der Waals surface area contributed by atoms with E-state index in [4.69, 9.17) is 9.05 Å². The molecule has 0 aliphatic carbocycles. The molecule has 4 nitrogen and oxygen atoms in total. The summed E-state index contributed by atoms with van der Waals surface area (Å²) in [5.41, 5.74) is 0.467. The Balaban J connectivity index is 3.25. The van der Waals surface area contributed by atoms with Gasteiger partial charge in [-0.2, -0.15) is 0 Å². The summed E-state index contributed by atoms with van der Waals surface area (Å²) in [6.07, 6.45) is 0. The quantitative estimate of drug-likeness (QED) is 0.868. The van der Waals surface area contributed by atoms with Gasteiger partial charge in [0.25, 0.3) is 0 Å². The predicted octanol–water partition coefficient (Wildman–Crippen LogP) is 3.10. The summed E-state index contributed by atoms with van der Waals surface area (Å²) < 4.78 is 22.6. The van der Waals surface area contributed by atoms with Crippen LogP contribution in [0.3, 0.4) is 0 Å². The van der Waals surface area contributed by atoms with Gasteiger partial charge in [-0.1, -0.05) is 28.1 Å². The molecule has 16 heavy (non-hydrogen) atoms. The average Bonchev–Trinajstić information content (AvgIpc) is 2.27. The van der Waals surface area contributed by atoms with Gasteiger partial charge >= 0.3 is 7.60 Å². The smallest absolute Gasteiger partial charge is 0.365 e. The third-order valence-corrected chi connectivity index (χ3v) is 5.16. The fourth-order valence-corrected chi connectivity index (χ4v) is 3.09. The first kappa shape index (κ1) is 13.9. The molecule has 0 aromatic heterocycles. The van der Waals surface area contributed by atoms with E-state index in [1.165, 1.54) is 21.1 Å². The maximum absolute atomic E-state index is 12.2. The molecule has 1 atom stereocenters. The summed E-state index contributed by atoms with van der Waals surface area (Å²) in [5.74, 6) is 0. The van der Waals surface area contributed by atoms with Crippen LogP contribution in [0, 0.1) is 0 Å². The van der Waals surface area contributed by atoms with E-state index in [0.717, 1.165) is 4.47 Å². The zero-order valence-corrected chi connectivity index (χ0v) is 11.8. The second-order valence-electron chi connectivity index (χ2n) is 3.39. The Hall–Kier alpha value is -0.190. The fourth-order valence-electron chi connectivity index (χ4n) is 1.37. The summed E-state index contributed by atoms with van der Waals surface area (Å²) in [4.78, 5) is 0. The van der Waals surface area contributed by atoms with E-state index >= 15 is 0 Å². The highest BCUT2D eigenvalue weighted by molar-refractivity contribution is 9.10. The average molecular weight is 309 g/mol. The van der Waals surface area contributed by atoms with Crippen LogP contribution in [0.1, 0.15) is 12.5 Å². The van der Waals surface area contributed by atoms with Gasteiger partial charge in [0.2, 0.25) is 0 Å². The Kier molecular flexibility index (Phi) is 4.32. The van der Waals surface area contributed by atoms with Crippen molar-refractivity contribution in [1.29, 1.82) is 0 Å². The first-order chi connectivity index (χ1) is 7.37. The van der Waals surface area contributed by atoms with Crippen molar-refractivity contribution in [2.24, 2.45) is 0 Å². The zero-order chi connectivity index (χ0) is 12.4. The molecule has 6 heteroatoms. The Morgan fingerprint density at radius 3 is 2.38 bits per heavy atom. The fraction of sp³-hybridized carbons (Fsp3) is 0.400. The lowest BCUT2D eigenvalue weighted by Crippen LogP contribution is -2.23. The molecule has 0 unspecified atom stereocenters. The Bertz CT molecular complexity index is 411. The SMILES string of the molecule is COP(=O)(OC)[C@](C)(O)c1cccc(Br)c1. The molecular weight excluding hydrogens is 295 g/mol. The van der Waals surface area contributed by atoms with Crippen LogP contribution in [0.25, 0.3) is 0 Å². The lowest BCUT2D eigenvalue weighted by molar-refractivity contribution is 0.0932. The van der Waals surface area contributed by atoms with Gasteiger partial charge in [-0.05, 0) is 24.6 Å². The van der Waals surface area contributed by atoms with Crippen molar-refractivity contribution in [3.63, 3.8) is 0 Å². The summed E-state index contributed by atoms with van der Waals surface area (Å²) in [7, 11) is -1.10. The van der Waals surface area contributed by atoms with Crippen LogP contribution in [0.4, 0.5) is 0 Å². The van der Waals surface area contributed by atoms with E-state index in [0.29, 0.717) is 5.56 Å². The van der Waals surface area contributed by atoms with E-state index in [1.54, 1.807) is 18.2 Å². The van der Waals surface area contributed by atoms with Crippen molar-refractivity contribution in [2.45, 2.75) is 12.3 Å². The van der Waals surface area contributed by atoms with E-state index < -0.39 is 12.9 Å². The number of benzene rings is 1. The van der Waals surface area contributed by atoms with E-state index in [-0.39, 0.29) is 0 Å². The van der Waals surface area contributed by atoms with Crippen LogP contribution in [0.5, 0.6) is 0 Å². The predicted molar refractivity (Wildman–Crippen MR) is 65.3 cm³/mol. The molecule has 0 bridgehead atoms. The second-order valence-corrected chi connectivity index (χ2v) is 6.91. The minimum absolute atomic E-state index is 0.467. The number of hydrogen-bond donors (Lipinski definition) is 1. The van der Waals surface area contributed by atoms with Crippen molar-refractivity contribution in [3.8, 4) is 0 Å². The third kappa shape index (κ3) is 2.39. The summed E-state index contributed by atoms with van der Waals surface area (Å²) in [6.45, 7) is 1.41. The van der Waals surface area contributed by atoms with Crippen molar-refractivity contribution in [2.75, 3.05) is 14.2 Å². The van der Waals surface area contributed by atoms with Crippen molar-refractivity contribution in [3.05, 3.63) is 34.3 Å². The van der Waals surface area contributed by atoms with Crippen LogP contribution in [0.2, 0.25) is 0 Å². The second kappa shape index (κ2) is 4.98. The highest BCUT2D eigenvalue weighted by atomic mass is 79.9. The van der Waals surface area contributed by atoms with Crippen molar-refractivity contribution in [1.82, 2.24) is 0 Å². The largest absolute Gasteiger partial charge is 0.373 e. The van der Waals surface area contributed by atoms with Gasteiger partial charge in [0.15, 0.2) is 5.34 Å². The number of hydrogen-bond acceptors (Lipinski definition) is 4. The van der Waals surface area contributed by atoms with Crippen LogP contribution < -0.4 is 0 Å². The molecule has 0 spiro atoms. The van der Waals surface area contributed by atoms with E-state index in [1.807, 2.05) is 6.07 Å². The highest BCUT2D eigenvalue weighted by Crippen LogP contribution is 2.62. The van der Waals surface area contributed by atoms with Crippen LogP contribution in [-0.4, -0.2) is 19.3 Å². The van der Waals surface area contributed by atoms with Gasteiger partial charge in [-0.15, -0.1) is 0 Å². The van der Waals surface area contributed by atoms with Crippen LogP contribution in [-0.2, 0) is 19.0 Å². The monoisotopic (exact) mass is 308 g/mol. The lowest BCUT2D eigenvalue weighted by atomic mass is 10.1. The van der Waals surface area contributed by atoms with Crippen LogP contribution >= 0.6 is 23.5 Å². The Labute approximate surface area is 103 Å². The number of halogens is 1. The lowest BCUT2D eigenvalue weighted by Gasteiger charge is -2.30. The summed E-state index contributed by atoms with van der Waals surface area (Å²) >= 11 is 3.28. The van der Waals surface area contributed by atoms with Gasteiger partial charge in [-0.25, -0.2) is 0 Å². The minimum Gasteiger partial charge on any atom is -0.373 e. The summed E-state index contributed by atoms with van der Waals surface area (Å²) in [6, 6.07) is 6.88. The molecule has 0 aliphatic heterocycles. The molecule has 0 fully saturated rings. The molecule has 90 valence electrons. The van der Waals surface area contributed by atoms with Gasteiger partial charge < -0.3 is 14.2 Å². The highest BCUT2D eigenvalue weighted by Gasteiger charge is 2.46. The number of rotatable bonds is 4. The molecule has 1 rings (SSSR count). The van der Waals surface area contributed by atoms with Gasteiger partial charge in [-0.3, -0.25) is 4.57 Å². The molecule has 0 saturated heterocycles. The number of aliphatic hydroxyl groups is 1. The molecule has 1 aromatic carbocycles. The maximum Gasteiger partial charge on any atom is 0.365 e. The standard InChI is InChI=1S/C10H14BrO4P/c1-10(12,16(13,14-2)15-3)8-5-4-6-9(11)7-8/h4-7,12H,1-3H3/t10-/m0/s1. The minimum atomic E-state index is -3.59. The van der Waals surface area contributed by atoms with E-state index in [9.17, 15) is 9.67 Å². The molecule has 1 aromatic rings. The van der Waals surface area contributed by atoms with Crippen LogP contribution in [0.15, 0.2) is 28.7 Å². The first-order valence-corrected chi connectivity index (χ1v) is 6.91. The molecule has 0 aliphatic rings. The molecular formula is C10H14BrO4P. The van der Waals surface area contributed by atoms with E-state index in [2.05, 4.69) is 15.9 Å². The van der Waals surface area contributed by atoms with Gasteiger partial charge in [0.05, 0.1) is 0 Å². The Morgan fingerprint density at radius 2 is 1.94 bits per heavy atom. The summed E-state index contributed by atoms with van der Waals surface area (Å²) in [5, 5.41) is 8.62. The zero-order valence-electron chi connectivity index (χ0n) is 9.31. The van der Waals surface area contributed by atoms with Crippen molar-refractivity contribution < 1.29 is 18.7 Å². The molecule has 0 radical (unpaired) electrons. The normalized spacial score (nSPS) is 15.8. The first-order valence-electron chi connectivity index (χ1n) is 4.57.